The summed E-state index contributed by atoms with van der Waals surface area (Å²) in [6.45, 7) is 1.77. The van der Waals surface area contributed by atoms with Crippen molar-refractivity contribution in [1.29, 1.82) is 0 Å². The highest BCUT2D eigenvalue weighted by Gasteiger charge is 2.30. The highest BCUT2D eigenvalue weighted by molar-refractivity contribution is 7.91. The standard InChI is InChI=1S/C13H24N2O3S/c1-15(9-12-4-2-3-6-14-12)13(16)8-11-5-7-19(17,18)10-11/h11-12,14H,2-10H2,1H3. The van der Waals surface area contributed by atoms with Crippen LogP contribution >= 0.6 is 0 Å². The third-order valence-electron chi connectivity index (χ3n) is 4.12. The van der Waals surface area contributed by atoms with Crippen molar-refractivity contribution < 1.29 is 13.2 Å². The zero-order valence-corrected chi connectivity index (χ0v) is 12.4. The van der Waals surface area contributed by atoms with Crippen LogP contribution in [0, 0.1) is 5.92 Å². The Bertz CT molecular complexity index is 416. The molecule has 2 fully saturated rings. The summed E-state index contributed by atoms with van der Waals surface area (Å²) in [5.41, 5.74) is 0. The van der Waals surface area contributed by atoms with Crippen molar-refractivity contribution >= 4 is 15.7 Å². The van der Waals surface area contributed by atoms with Crippen molar-refractivity contribution in [3.8, 4) is 0 Å². The Kier molecular flexibility index (Phi) is 4.84. The van der Waals surface area contributed by atoms with Gasteiger partial charge in [0.2, 0.25) is 5.91 Å². The van der Waals surface area contributed by atoms with Crippen LogP contribution in [-0.4, -0.2) is 56.9 Å². The van der Waals surface area contributed by atoms with E-state index in [-0.39, 0.29) is 23.3 Å². The van der Waals surface area contributed by atoms with Crippen molar-refractivity contribution in [2.75, 3.05) is 31.6 Å². The molecule has 0 spiro atoms. The van der Waals surface area contributed by atoms with Gasteiger partial charge in [0.05, 0.1) is 11.5 Å². The molecule has 0 bridgehead atoms. The summed E-state index contributed by atoms with van der Waals surface area (Å²) in [6, 6.07) is 0.398. The SMILES string of the molecule is CN(CC1CCCCN1)C(=O)CC1CCS(=O)(=O)C1. The summed E-state index contributed by atoms with van der Waals surface area (Å²) in [5, 5.41) is 3.42. The number of hydrogen-bond donors (Lipinski definition) is 1. The Hall–Kier alpha value is -0.620. The molecule has 2 saturated heterocycles. The Morgan fingerprint density at radius 1 is 1.32 bits per heavy atom. The summed E-state index contributed by atoms with van der Waals surface area (Å²) in [6.07, 6.45) is 4.58. The van der Waals surface area contributed by atoms with Gasteiger partial charge >= 0.3 is 0 Å². The van der Waals surface area contributed by atoms with Crippen molar-refractivity contribution in [3.05, 3.63) is 0 Å². The van der Waals surface area contributed by atoms with Crippen LogP contribution in [0.4, 0.5) is 0 Å². The second-order valence-electron chi connectivity index (χ2n) is 5.89. The van der Waals surface area contributed by atoms with E-state index in [1.165, 1.54) is 12.8 Å². The lowest BCUT2D eigenvalue weighted by molar-refractivity contribution is -0.131. The normalized spacial score (nSPS) is 30.2. The lowest BCUT2D eigenvalue weighted by Crippen LogP contribution is -2.44. The molecule has 5 nitrogen and oxygen atoms in total. The predicted octanol–water partition coefficient (Wildman–Crippen LogP) is 0.412. The minimum absolute atomic E-state index is 0.0271. The summed E-state index contributed by atoms with van der Waals surface area (Å²) < 4.78 is 22.7. The maximum absolute atomic E-state index is 12.1. The van der Waals surface area contributed by atoms with Gasteiger partial charge in [-0.3, -0.25) is 4.79 Å². The van der Waals surface area contributed by atoms with Crippen LogP contribution in [0.5, 0.6) is 0 Å². The maximum atomic E-state index is 12.1. The molecule has 0 aromatic heterocycles. The first-order valence-electron chi connectivity index (χ1n) is 7.14. The third-order valence-corrected chi connectivity index (χ3v) is 5.96. The first-order valence-corrected chi connectivity index (χ1v) is 8.96. The molecule has 2 aliphatic heterocycles. The predicted molar refractivity (Wildman–Crippen MR) is 74.7 cm³/mol. The van der Waals surface area contributed by atoms with E-state index in [9.17, 15) is 13.2 Å². The van der Waals surface area contributed by atoms with E-state index < -0.39 is 9.84 Å². The molecule has 0 radical (unpaired) electrons. The molecule has 2 heterocycles. The summed E-state index contributed by atoms with van der Waals surface area (Å²) in [7, 11) is -1.06. The van der Waals surface area contributed by atoms with Crippen molar-refractivity contribution in [1.82, 2.24) is 10.2 Å². The first-order chi connectivity index (χ1) is 8.96. The average Bonchev–Trinajstić information content (AvgIpc) is 2.70. The van der Waals surface area contributed by atoms with Crippen molar-refractivity contribution in [2.45, 2.75) is 38.1 Å². The van der Waals surface area contributed by atoms with E-state index in [0.717, 1.165) is 19.5 Å². The van der Waals surface area contributed by atoms with Crippen LogP contribution in [-0.2, 0) is 14.6 Å². The van der Waals surface area contributed by atoms with E-state index in [2.05, 4.69) is 5.32 Å². The number of hydrogen-bond acceptors (Lipinski definition) is 4. The lowest BCUT2D eigenvalue weighted by Gasteiger charge is -2.28. The molecule has 2 rings (SSSR count). The zero-order chi connectivity index (χ0) is 13.9. The quantitative estimate of drug-likeness (QED) is 0.814. The van der Waals surface area contributed by atoms with Gasteiger partial charge in [0.25, 0.3) is 0 Å². The molecule has 2 unspecified atom stereocenters. The van der Waals surface area contributed by atoms with Gasteiger partial charge < -0.3 is 10.2 Å². The number of carbonyl (C=O) groups excluding carboxylic acids is 1. The number of amides is 1. The van der Waals surface area contributed by atoms with Gasteiger partial charge in [-0.05, 0) is 31.7 Å². The number of sulfone groups is 1. The Morgan fingerprint density at radius 3 is 2.68 bits per heavy atom. The van der Waals surface area contributed by atoms with Gasteiger partial charge in [0, 0.05) is 26.1 Å². The summed E-state index contributed by atoms with van der Waals surface area (Å²) >= 11 is 0. The van der Waals surface area contributed by atoms with E-state index >= 15 is 0 Å². The number of likely N-dealkylation sites (N-methyl/N-ethyl adjacent to an activating group) is 1. The fraction of sp³-hybridized carbons (Fsp3) is 0.923. The van der Waals surface area contributed by atoms with Gasteiger partial charge in [-0.2, -0.15) is 0 Å². The zero-order valence-electron chi connectivity index (χ0n) is 11.6. The van der Waals surface area contributed by atoms with Crippen molar-refractivity contribution in [2.24, 2.45) is 5.92 Å². The van der Waals surface area contributed by atoms with E-state index in [4.69, 9.17) is 0 Å². The van der Waals surface area contributed by atoms with Crippen LogP contribution in [0.3, 0.4) is 0 Å². The van der Waals surface area contributed by atoms with Crippen LogP contribution in [0.15, 0.2) is 0 Å². The second-order valence-corrected chi connectivity index (χ2v) is 8.12. The van der Waals surface area contributed by atoms with Crippen LogP contribution in [0.25, 0.3) is 0 Å². The molecule has 110 valence electrons. The Balaban J connectivity index is 1.76. The third kappa shape index (κ3) is 4.45. The number of carbonyl (C=O) groups is 1. The number of nitrogens with one attached hydrogen (secondary N) is 1. The first kappa shape index (κ1) is 14.8. The molecular formula is C13H24N2O3S. The summed E-state index contributed by atoms with van der Waals surface area (Å²) in [5.74, 6) is 0.543. The monoisotopic (exact) mass is 288 g/mol. The molecule has 0 aliphatic carbocycles. The molecule has 0 saturated carbocycles. The molecule has 0 aromatic rings. The minimum atomic E-state index is -2.88. The highest BCUT2D eigenvalue weighted by atomic mass is 32.2. The minimum Gasteiger partial charge on any atom is -0.344 e. The lowest BCUT2D eigenvalue weighted by atomic mass is 10.0. The maximum Gasteiger partial charge on any atom is 0.222 e. The molecular weight excluding hydrogens is 264 g/mol. The van der Waals surface area contributed by atoms with Gasteiger partial charge in [0.1, 0.15) is 0 Å². The largest absolute Gasteiger partial charge is 0.344 e. The smallest absolute Gasteiger partial charge is 0.222 e. The molecule has 19 heavy (non-hydrogen) atoms. The molecule has 1 amide bonds. The van der Waals surface area contributed by atoms with Gasteiger partial charge in [-0.15, -0.1) is 0 Å². The van der Waals surface area contributed by atoms with Gasteiger partial charge in [-0.1, -0.05) is 6.42 Å². The van der Waals surface area contributed by atoms with E-state index in [1.54, 1.807) is 4.90 Å². The molecule has 0 aromatic carbocycles. The Morgan fingerprint density at radius 2 is 2.11 bits per heavy atom. The van der Waals surface area contributed by atoms with Crippen LogP contribution < -0.4 is 5.32 Å². The fourth-order valence-electron chi connectivity index (χ4n) is 2.95. The molecule has 2 aliphatic rings. The highest BCUT2D eigenvalue weighted by Crippen LogP contribution is 2.22. The number of rotatable bonds is 4. The molecule has 1 N–H and O–H groups in total. The Labute approximate surface area is 115 Å². The van der Waals surface area contributed by atoms with Crippen molar-refractivity contribution in [3.63, 3.8) is 0 Å². The summed E-state index contributed by atoms with van der Waals surface area (Å²) in [4.78, 5) is 13.8. The van der Waals surface area contributed by atoms with Gasteiger partial charge in [-0.25, -0.2) is 8.42 Å². The van der Waals surface area contributed by atoms with E-state index in [1.807, 2.05) is 7.05 Å². The van der Waals surface area contributed by atoms with Crippen LogP contribution in [0.1, 0.15) is 32.1 Å². The molecule has 2 atom stereocenters. The fourth-order valence-corrected chi connectivity index (χ4v) is 4.81. The molecule has 6 heteroatoms. The van der Waals surface area contributed by atoms with Gasteiger partial charge in [0.15, 0.2) is 9.84 Å². The van der Waals surface area contributed by atoms with Crippen LogP contribution in [0.2, 0.25) is 0 Å². The average molecular weight is 288 g/mol. The number of nitrogens with zero attached hydrogens (tertiary/aromatic N) is 1. The number of piperidine rings is 1. The second kappa shape index (κ2) is 6.22. The van der Waals surface area contributed by atoms with E-state index in [0.29, 0.717) is 18.9 Å². The topological polar surface area (TPSA) is 66.5 Å².